The molecule has 1 aliphatic rings. The number of hydrogen-bond acceptors (Lipinski definition) is 4. The second kappa shape index (κ2) is 7.46. The number of hydrogen-bond donors (Lipinski definition) is 1. The Labute approximate surface area is 116 Å². The molecule has 1 fully saturated rings. The number of anilines is 1. The van der Waals surface area contributed by atoms with E-state index < -0.39 is 0 Å². The SMILES string of the molecule is CCCNCc1ccnc(N2CCC(COC)C2)c1. The van der Waals surface area contributed by atoms with E-state index in [1.54, 1.807) is 7.11 Å². The van der Waals surface area contributed by atoms with E-state index in [1.807, 2.05) is 6.20 Å². The minimum atomic E-state index is 0.647. The van der Waals surface area contributed by atoms with E-state index in [0.29, 0.717) is 5.92 Å². The highest BCUT2D eigenvalue weighted by atomic mass is 16.5. The maximum Gasteiger partial charge on any atom is 0.128 e. The van der Waals surface area contributed by atoms with Gasteiger partial charge in [0, 0.05) is 38.9 Å². The molecule has 4 nitrogen and oxygen atoms in total. The average molecular weight is 263 g/mol. The summed E-state index contributed by atoms with van der Waals surface area (Å²) < 4.78 is 5.24. The smallest absolute Gasteiger partial charge is 0.128 e. The minimum Gasteiger partial charge on any atom is -0.384 e. The monoisotopic (exact) mass is 263 g/mol. The van der Waals surface area contributed by atoms with Crippen molar-refractivity contribution in [3.63, 3.8) is 0 Å². The lowest BCUT2D eigenvalue weighted by atomic mass is 10.1. The number of aromatic nitrogens is 1. The molecule has 106 valence electrons. The van der Waals surface area contributed by atoms with Crippen LogP contribution in [0.4, 0.5) is 5.82 Å². The third-order valence-electron chi connectivity index (χ3n) is 3.58. The first-order chi connectivity index (χ1) is 9.33. The molecule has 1 aromatic heterocycles. The number of nitrogens with one attached hydrogen (secondary N) is 1. The second-order valence-corrected chi connectivity index (χ2v) is 5.26. The van der Waals surface area contributed by atoms with Gasteiger partial charge in [-0.1, -0.05) is 6.92 Å². The molecule has 0 aromatic carbocycles. The Morgan fingerprint density at radius 3 is 3.21 bits per heavy atom. The standard InChI is InChI=1S/C15H25N3O/c1-3-6-16-10-13-4-7-17-15(9-13)18-8-5-14(11-18)12-19-2/h4,7,9,14,16H,3,5-6,8,10-12H2,1-2H3. The van der Waals surface area contributed by atoms with Gasteiger partial charge in [-0.2, -0.15) is 0 Å². The van der Waals surface area contributed by atoms with E-state index >= 15 is 0 Å². The fraction of sp³-hybridized carbons (Fsp3) is 0.667. The summed E-state index contributed by atoms with van der Waals surface area (Å²) in [5.41, 5.74) is 1.31. The molecule has 0 amide bonds. The summed E-state index contributed by atoms with van der Waals surface area (Å²) >= 11 is 0. The molecule has 0 aliphatic carbocycles. The summed E-state index contributed by atoms with van der Waals surface area (Å²) in [5, 5.41) is 3.43. The van der Waals surface area contributed by atoms with Crippen molar-refractivity contribution in [3.05, 3.63) is 23.9 Å². The molecule has 0 spiro atoms. The number of methoxy groups -OCH3 is 1. The Hall–Kier alpha value is -1.13. The number of rotatable bonds is 7. The molecule has 1 unspecified atom stereocenters. The summed E-state index contributed by atoms with van der Waals surface area (Å²) in [5.74, 6) is 1.75. The molecule has 4 heteroatoms. The first kappa shape index (κ1) is 14.3. The van der Waals surface area contributed by atoms with Gasteiger partial charge in [0.25, 0.3) is 0 Å². The molecule has 2 rings (SSSR count). The molecule has 1 aromatic rings. The van der Waals surface area contributed by atoms with Crippen molar-refractivity contribution in [2.75, 3.05) is 38.3 Å². The van der Waals surface area contributed by atoms with Crippen molar-refractivity contribution in [3.8, 4) is 0 Å². The van der Waals surface area contributed by atoms with Gasteiger partial charge in [0.1, 0.15) is 5.82 Å². The molecule has 2 heterocycles. The van der Waals surface area contributed by atoms with Gasteiger partial charge in [-0.3, -0.25) is 0 Å². The van der Waals surface area contributed by atoms with Gasteiger partial charge in [-0.25, -0.2) is 4.98 Å². The van der Waals surface area contributed by atoms with Gasteiger partial charge in [0.2, 0.25) is 0 Å². The van der Waals surface area contributed by atoms with Crippen LogP contribution in [-0.2, 0) is 11.3 Å². The largest absolute Gasteiger partial charge is 0.384 e. The Balaban J connectivity index is 1.91. The second-order valence-electron chi connectivity index (χ2n) is 5.26. The van der Waals surface area contributed by atoms with Crippen molar-refractivity contribution >= 4 is 5.82 Å². The van der Waals surface area contributed by atoms with E-state index in [2.05, 4.69) is 34.3 Å². The van der Waals surface area contributed by atoms with Crippen LogP contribution < -0.4 is 10.2 Å². The van der Waals surface area contributed by atoms with Gasteiger partial charge in [-0.05, 0) is 37.1 Å². The van der Waals surface area contributed by atoms with Crippen LogP contribution in [0.2, 0.25) is 0 Å². The highest BCUT2D eigenvalue weighted by Gasteiger charge is 2.23. The third-order valence-corrected chi connectivity index (χ3v) is 3.58. The van der Waals surface area contributed by atoms with Crippen LogP contribution in [0.3, 0.4) is 0 Å². The van der Waals surface area contributed by atoms with Crippen molar-refractivity contribution in [2.45, 2.75) is 26.3 Å². The van der Waals surface area contributed by atoms with Crippen molar-refractivity contribution in [1.29, 1.82) is 0 Å². The molecule has 1 atom stereocenters. The predicted molar refractivity (Wildman–Crippen MR) is 78.4 cm³/mol. The van der Waals surface area contributed by atoms with Crippen LogP contribution in [0.25, 0.3) is 0 Å². The molecule has 0 bridgehead atoms. The molecule has 0 radical (unpaired) electrons. The van der Waals surface area contributed by atoms with Crippen LogP contribution >= 0.6 is 0 Å². The van der Waals surface area contributed by atoms with E-state index in [0.717, 1.165) is 38.6 Å². The topological polar surface area (TPSA) is 37.4 Å². The van der Waals surface area contributed by atoms with Gasteiger partial charge in [-0.15, -0.1) is 0 Å². The minimum absolute atomic E-state index is 0.647. The summed E-state index contributed by atoms with van der Waals surface area (Å²) in [6.07, 6.45) is 4.29. The van der Waals surface area contributed by atoms with Crippen LogP contribution in [0.15, 0.2) is 18.3 Å². The van der Waals surface area contributed by atoms with Gasteiger partial charge >= 0.3 is 0 Å². The number of nitrogens with zero attached hydrogens (tertiary/aromatic N) is 2. The molecule has 0 saturated carbocycles. The average Bonchev–Trinajstić information content (AvgIpc) is 2.89. The first-order valence-electron chi connectivity index (χ1n) is 7.23. The molecule has 1 saturated heterocycles. The normalized spacial score (nSPS) is 19.1. The van der Waals surface area contributed by atoms with Crippen molar-refractivity contribution < 1.29 is 4.74 Å². The van der Waals surface area contributed by atoms with Crippen molar-refractivity contribution in [2.24, 2.45) is 5.92 Å². The zero-order valence-corrected chi connectivity index (χ0v) is 12.1. The third kappa shape index (κ3) is 4.18. The summed E-state index contributed by atoms with van der Waals surface area (Å²) in [6, 6.07) is 4.30. The Kier molecular flexibility index (Phi) is 5.61. The molecular weight excluding hydrogens is 238 g/mol. The highest BCUT2D eigenvalue weighted by Crippen LogP contribution is 2.22. The Bertz CT molecular complexity index is 383. The first-order valence-corrected chi connectivity index (χ1v) is 7.23. The number of ether oxygens (including phenoxy) is 1. The molecule has 1 N–H and O–H groups in total. The van der Waals surface area contributed by atoms with Gasteiger partial charge in [0.15, 0.2) is 0 Å². The Morgan fingerprint density at radius 2 is 2.42 bits per heavy atom. The van der Waals surface area contributed by atoms with Crippen LogP contribution in [-0.4, -0.2) is 38.3 Å². The van der Waals surface area contributed by atoms with Gasteiger partial charge < -0.3 is 15.0 Å². The fourth-order valence-electron chi connectivity index (χ4n) is 2.57. The van der Waals surface area contributed by atoms with E-state index in [-0.39, 0.29) is 0 Å². The van der Waals surface area contributed by atoms with Crippen LogP contribution in [0.1, 0.15) is 25.3 Å². The lowest BCUT2D eigenvalue weighted by molar-refractivity contribution is 0.161. The summed E-state index contributed by atoms with van der Waals surface area (Å²) in [7, 11) is 1.78. The van der Waals surface area contributed by atoms with Gasteiger partial charge in [0.05, 0.1) is 6.61 Å². The molecule has 1 aliphatic heterocycles. The lowest BCUT2D eigenvalue weighted by Crippen LogP contribution is -2.22. The summed E-state index contributed by atoms with van der Waals surface area (Å²) in [6.45, 7) is 7.19. The maximum atomic E-state index is 5.24. The van der Waals surface area contributed by atoms with Crippen molar-refractivity contribution in [1.82, 2.24) is 10.3 Å². The summed E-state index contributed by atoms with van der Waals surface area (Å²) in [4.78, 5) is 6.87. The zero-order valence-electron chi connectivity index (χ0n) is 12.1. The fourth-order valence-corrected chi connectivity index (χ4v) is 2.57. The Morgan fingerprint density at radius 1 is 1.53 bits per heavy atom. The number of pyridine rings is 1. The van der Waals surface area contributed by atoms with E-state index in [9.17, 15) is 0 Å². The predicted octanol–water partition coefficient (Wildman–Crippen LogP) is 2.05. The zero-order chi connectivity index (χ0) is 13.5. The van der Waals surface area contributed by atoms with Crippen LogP contribution in [0.5, 0.6) is 0 Å². The van der Waals surface area contributed by atoms with E-state index in [1.165, 1.54) is 18.4 Å². The quantitative estimate of drug-likeness (QED) is 0.764. The van der Waals surface area contributed by atoms with Crippen LogP contribution in [0, 0.1) is 5.92 Å². The highest BCUT2D eigenvalue weighted by molar-refractivity contribution is 5.42. The maximum absolute atomic E-state index is 5.24. The molecule has 19 heavy (non-hydrogen) atoms. The molecular formula is C15H25N3O. The lowest BCUT2D eigenvalue weighted by Gasteiger charge is -2.18. The van der Waals surface area contributed by atoms with E-state index in [4.69, 9.17) is 4.74 Å².